The van der Waals surface area contributed by atoms with E-state index in [-0.39, 0.29) is 30.4 Å². The molecule has 4 N–H and O–H groups in total. The molecule has 0 aliphatic carbocycles. The van der Waals surface area contributed by atoms with E-state index >= 15 is 0 Å². The Morgan fingerprint density at radius 2 is 1.70 bits per heavy atom. The molecule has 3 aromatic carbocycles. The highest BCUT2D eigenvalue weighted by Crippen LogP contribution is 2.23. The number of rotatable bonds is 9. The van der Waals surface area contributed by atoms with Crippen LogP contribution < -0.4 is 15.5 Å². The van der Waals surface area contributed by atoms with E-state index in [1.165, 1.54) is 11.9 Å². The first-order chi connectivity index (χ1) is 20.7. The van der Waals surface area contributed by atoms with Gasteiger partial charge in [0.2, 0.25) is 5.91 Å². The number of amides is 3. The number of benzene rings is 3. The number of H-pyrrole nitrogens is 1. The monoisotopic (exact) mass is 580 g/mol. The van der Waals surface area contributed by atoms with Gasteiger partial charge in [-0.3, -0.25) is 24.8 Å². The zero-order valence-electron chi connectivity index (χ0n) is 24.7. The van der Waals surface area contributed by atoms with Crippen molar-refractivity contribution in [3.8, 4) is 17.6 Å². The molecule has 9 heteroatoms. The number of hydrazine groups is 1. The first-order valence-corrected chi connectivity index (χ1v) is 14.2. The molecule has 1 atom stereocenters. The van der Waals surface area contributed by atoms with Gasteiger partial charge in [-0.15, -0.1) is 0 Å². The second-order valence-electron chi connectivity index (χ2n) is 10.3. The number of carbonyl (C=O) groups is 3. The van der Waals surface area contributed by atoms with Crippen molar-refractivity contribution in [2.45, 2.75) is 46.3 Å². The van der Waals surface area contributed by atoms with Gasteiger partial charge < -0.3 is 20.1 Å². The van der Waals surface area contributed by atoms with E-state index in [0.717, 1.165) is 16.5 Å². The van der Waals surface area contributed by atoms with Crippen molar-refractivity contribution < 1.29 is 24.2 Å². The number of aromatic amines is 1. The van der Waals surface area contributed by atoms with E-state index in [2.05, 4.69) is 27.6 Å². The molecule has 4 rings (SSSR count). The van der Waals surface area contributed by atoms with E-state index < -0.39 is 6.04 Å². The van der Waals surface area contributed by atoms with Crippen LogP contribution in [0, 0.1) is 11.8 Å². The largest absolute Gasteiger partial charge is 0.490 e. The Labute approximate surface area is 251 Å². The Hall–Kier alpha value is -5.07. The average molecular weight is 581 g/mol. The van der Waals surface area contributed by atoms with E-state index in [1.807, 2.05) is 44.3 Å². The van der Waals surface area contributed by atoms with Crippen molar-refractivity contribution in [3.63, 3.8) is 0 Å². The summed E-state index contributed by atoms with van der Waals surface area (Å²) in [5.41, 5.74) is 6.51. The molecule has 43 heavy (non-hydrogen) atoms. The zero-order chi connectivity index (χ0) is 30.9. The Morgan fingerprint density at radius 3 is 2.37 bits per heavy atom. The Morgan fingerprint density at radius 1 is 1.00 bits per heavy atom. The van der Waals surface area contributed by atoms with Gasteiger partial charge in [-0.25, -0.2) is 0 Å². The summed E-state index contributed by atoms with van der Waals surface area (Å²) in [6, 6.07) is 19.3. The lowest BCUT2D eigenvalue weighted by atomic mass is 10.0. The molecular formula is C34H36N4O5. The summed E-state index contributed by atoms with van der Waals surface area (Å²) in [6.07, 6.45) is 2.19. The lowest BCUT2D eigenvalue weighted by Crippen LogP contribution is -2.45. The molecule has 0 aliphatic rings. The van der Waals surface area contributed by atoms with Crippen LogP contribution >= 0.6 is 0 Å². The van der Waals surface area contributed by atoms with Crippen LogP contribution in [0.25, 0.3) is 10.9 Å². The number of nitrogens with zero attached hydrogens (tertiary/aromatic N) is 1. The minimum absolute atomic E-state index is 0.154. The van der Waals surface area contributed by atoms with Crippen molar-refractivity contribution in [3.05, 3.63) is 101 Å². The Bertz CT molecular complexity index is 1660. The van der Waals surface area contributed by atoms with Gasteiger partial charge in [-0.1, -0.05) is 30.0 Å². The molecule has 0 radical (unpaired) electrons. The van der Waals surface area contributed by atoms with Gasteiger partial charge in [0, 0.05) is 47.3 Å². The number of hydrogen-bond donors (Lipinski definition) is 4. The normalized spacial score (nSPS) is 11.4. The lowest BCUT2D eigenvalue weighted by Gasteiger charge is -2.20. The van der Waals surface area contributed by atoms with Gasteiger partial charge in [-0.05, 0) is 81.3 Å². The van der Waals surface area contributed by atoms with Crippen molar-refractivity contribution in [2.24, 2.45) is 0 Å². The van der Waals surface area contributed by atoms with Crippen molar-refractivity contribution in [2.75, 3.05) is 13.2 Å². The molecule has 0 saturated carbocycles. The third kappa shape index (κ3) is 8.03. The molecule has 1 aromatic heterocycles. The second-order valence-corrected chi connectivity index (χ2v) is 10.3. The maximum absolute atomic E-state index is 13.5. The molecule has 4 aromatic rings. The summed E-state index contributed by atoms with van der Waals surface area (Å²) < 4.78 is 5.91. The van der Waals surface area contributed by atoms with Gasteiger partial charge in [0.1, 0.15) is 5.75 Å². The summed E-state index contributed by atoms with van der Waals surface area (Å²) in [6.45, 7) is 6.98. The van der Waals surface area contributed by atoms with Crippen LogP contribution in [0.5, 0.6) is 5.75 Å². The van der Waals surface area contributed by atoms with Crippen LogP contribution in [-0.4, -0.2) is 58.1 Å². The third-order valence-electron chi connectivity index (χ3n) is 6.62. The van der Waals surface area contributed by atoms with Crippen LogP contribution in [0.15, 0.2) is 72.9 Å². The number of hydrogen-bond acceptors (Lipinski definition) is 5. The van der Waals surface area contributed by atoms with Crippen LogP contribution in [-0.2, 0) is 11.2 Å². The molecule has 0 saturated heterocycles. The molecule has 222 valence electrons. The highest BCUT2D eigenvalue weighted by Gasteiger charge is 2.20. The topological polar surface area (TPSA) is 124 Å². The summed E-state index contributed by atoms with van der Waals surface area (Å²) in [4.78, 5) is 40.7. The smallest absolute Gasteiger partial charge is 0.272 e. The average Bonchev–Trinajstić information content (AvgIpc) is 3.41. The van der Waals surface area contributed by atoms with Gasteiger partial charge >= 0.3 is 0 Å². The number of nitrogens with one attached hydrogen (secondary N) is 3. The summed E-state index contributed by atoms with van der Waals surface area (Å²) >= 11 is 0. The van der Waals surface area contributed by atoms with E-state index in [4.69, 9.17) is 4.74 Å². The molecule has 1 heterocycles. The van der Waals surface area contributed by atoms with Crippen molar-refractivity contribution >= 4 is 28.6 Å². The SMILES string of the molecule is CCN(NC(C)=O)C(=O)c1ccc(C#Cc2ccc(OC(C)C)c(C(=O)N[C@@H](CO)Cc3c[nH]c4ccccc34)c2)cc1. The highest BCUT2D eigenvalue weighted by atomic mass is 16.5. The van der Waals surface area contributed by atoms with Crippen LogP contribution in [0.2, 0.25) is 0 Å². The van der Waals surface area contributed by atoms with Crippen molar-refractivity contribution in [1.82, 2.24) is 20.7 Å². The minimum atomic E-state index is -0.510. The maximum atomic E-state index is 13.5. The molecule has 0 bridgehead atoms. The summed E-state index contributed by atoms with van der Waals surface area (Å²) in [5.74, 6) is 5.55. The van der Waals surface area contributed by atoms with Gasteiger partial charge in [0.05, 0.1) is 24.3 Å². The van der Waals surface area contributed by atoms with Crippen LogP contribution in [0.3, 0.4) is 0 Å². The van der Waals surface area contributed by atoms with E-state index in [1.54, 1.807) is 49.4 Å². The summed E-state index contributed by atoms with van der Waals surface area (Å²) in [7, 11) is 0. The first-order valence-electron chi connectivity index (χ1n) is 14.2. The number of aliphatic hydroxyl groups is 1. The second kappa shape index (κ2) is 14.2. The minimum Gasteiger partial charge on any atom is -0.490 e. The maximum Gasteiger partial charge on any atom is 0.272 e. The number of para-hydroxylation sites is 1. The van der Waals surface area contributed by atoms with Gasteiger partial charge in [-0.2, -0.15) is 0 Å². The molecule has 0 spiro atoms. The molecule has 9 nitrogen and oxygen atoms in total. The number of aromatic nitrogens is 1. The van der Waals surface area contributed by atoms with E-state index in [9.17, 15) is 19.5 Å². The molecule has 3 amide bonds. The predicted molar refractivity (Wildman–Crippen MR) is 165 cm³/mol. The van der Waals surface area contributed by atoms with Crippen LogP contribution in [0.1, 0.15) is 65.1 Å². The predicted octanol–water partition coefficient (Wildman–Crippen LogP) is 4.20. The van der Waals surface area contributed by atoms with Gasteiger partial charge in [0.25, 0.3) is 11.8 Å². The fourth-order valence-corrected chi connectivity index (χ4v) is 4.59. The fraction of sp³-hybridized carbons (Fsp3) is 0.265. The zero-order valence-corrected chi connectivity index (χ0v) is 24.7. The highest BCUT2D eigenvalue weighted by molar-refractivity contribution is 5.98. The summed E-state index contributed by atoms with van der Waals surface area (Å²) in [5, 5.41) is 15.3. The quantitative estimate of drug-likeness (QED) is 0.175. The number of aliphatic hydroxyl groups excluding tert-OH is 1. The standard InChI is InChI=1S/C34H36N4O5/c1-5-38(37-23(4)40)34(42)26-15-12-24(13-16-26)10-11-25-14-17-32(43-22(2)3)30(18-25)33(41)36-28(21-39)19-27-20-35-31-9-7-6-8-29(27)31/h6-9,12-18,20,22,28,35,39H,5,19,21H2,1-4H3,(H,36,41)(H,37,40)/t28-/m1/s1. The Balaban J connectivity index is 1.52. The number of carbonyl (C=O) groups excluding carboxylic acids is 3. The van der Waals surface area contributed by atoms with Crippen molar-refractivity contribution in [1.29, 1.82) is 0 Å². The molecule has 0 fully saturated rings. The first kappa shape index (κ1) is 30.9. The lowest BCUT2D eigenvalue weighted by molar-refractivity contribution is -0.122. The fourth-order valence-electron chi connectivity index (χ4n) is 4.59. The Kier molecular flexibility index (Phi) is 10.2. The molecular weight excluding hydrogens is 544 g/mol. The number of fused-ring (bicyclic) bond motifs is 1. The van der Waals surface area contributed by atoms with E-state index in [0.29, 0.717) is 41.0 Å². The molecule has 0 aliphatic heterocycles. The number of ether oxygens (including phenoxy) is 1. The van der Waals surface area contributed by atoms with Gasteiger partial charge in [0.15, 0.2) is 0 Å². The third-order valence-corrected chi connectivity index (χ3v) is 6.62. The molecule has 0 unspecified atom stereocenters. The van der Waals surface area contributed by atoms with Crippen LogP contribution in [0.4, 0.5) is 0 Å².